The molecule has 1 aliphatic heterocycles. The quantitative estimate of drug-likeness (QED) is 0.857. The number of rotatable bonds is 4. The molecule has 1 aliphatic rings. The summed E-state index contributed by atoms with van der Waals surface area (Å²) >= 11 is 7.49. The number of halogens is 1. The fourth-order valence-electron chi connectivity index (χ4n) is 1.70. The van der Waals surface area contributed by atoms with Crippen molar-refractivity contribution < 1.29 is 8.42 Å². The minimum absolute atomic E-state index is 0.0959. The van der Waals surface area contributed by atoms with Crippen LogP contribution >= 0.6 is 23.4 Å². The van der Waals surface area contributed by atoms with E-state index in [9.17, 15) is 8.42 Å². The van der Waals surface area contributed by atoms with Crippen LogP contribution in [0.15, 0.2) is 29.3 Å². The molecule has 0 aliphatic carbocycles. The van der Waals surface area contributed by atoms with Gasteiger partial charge in [-0.2, -0.15) is 0 Å². The van der Waals surface area contributed by atoms with E-state index in [1.54, 1.807) is 6.92 Å². The third kappa shape index (κ3) is 3.43. The normalized spacial score (nSPS) is 15.7. The maximum atomic E-state index is 11.9. The Morgan fingerprint density at radius 2 is 2.16 bits per heavy atom. The Balaban J connectivity index is 2.06. The number of hydrogen-bond donors (Lipinski definition) is 0. The average Bonchev–Trinajstić information content (AvgIpc) is 2.87. The molecule has 0 amide bonds. The number of aliphatic imine (C=N–C) groups is 1. The van der Waals surface area contributed by atoms with Crippen LogP contribution in [0.5, 0.6) is 0 Å². The van der Waals surface area contributed by atoms with Crippen molar-refractivity contribution in [2.75, 3.05) is 18.8 Å². The molecule has 1 aromatic carbocycles. The van der Waals surface area contributed by atoms with Crippen molar-refractivity contribution in [1.82, 2.24) is 4.31 Å². The van der Waals surface area contributed by atoms with Gasteiger partial charge in [0.1, 0.15) is 0 Å². The van der Waals surface area contributed by atoms with Gasteiger partial charge >= 0.3 is 0 Å². The van der Waals surface area contributed by atoms with E-state index in [1.165, 1.54) is 16.1 Å². The molecule has 0 radical (unpaired) electrons. The predicted molar refractivity (Wildman–Crippen MR) is 81.2 cm³/mol. The molecule has 0 N–H and O–H groups in total. The molecule has 1 aromatic rings. The number of nitrogens with zero attached hydrogens (tertiary/aromatic N) is 2. The standard InChI is InChI=1S/C12H15ClN2O2S2/c1-2-19(16,17)15-8-7-14-12(15)18-9-10-5-3-4-6-11(10)13/h3-6H,2,7-9H2,1H3. The number of thioether (sulfide) groups is 1. The van der Waals surface area contributed by atoms with Crippen molar-refractivity contribution in [3.8, 4) is 0 Å². The van der Waals surface area contributed by atoms with E-state index in [0.29, 0.717) is 29.0 Å². The molecule has 4 nitrogen and oxygen atoms in total. The van der Waals surface area contributed by atoms with E-state index < -0.39 is 10.0 Å². The zero-order valence-electron chi connectivity index (χ0n) is 10.5. The summed E-state index contributed by atoms with van der Waals surface area (Å²) in [5.74, 6) is 0.715. The van der Waals surface area contributed by atoms with Crippen LogP contribution in [-0.4, -0.2) is 36.7 Å². The van der Waals surface area contributed by atoms with Crippen LogP contribution in [0.1, 0.15) is 12.5 Å². The SMILES string of the molecule is CCS(=O)(=O)N1CCN=C1SCc1ccccc1Cl. The molecule has 7 heteroatoms. The summed E-state index contributed by atoms with van der Waals surface area (Å²) in [4.78, 5) is 4.26. The summed E-state index contributed by atoms with van der Waals surface area (Å²) in [6, 6.07) is 7.55. The zero-order valence-corrected chi connectivity index (χ0v) is 12.9. The van der Waals surface area contributed by atoms with E-state index in [2.05, 4.69) is 4.99 Å². The van der Waals surface area contributed by atoms with Gasteiger partial charge in [0.2, 0.25) is 10.0 Å². The minimum Gasteiger partial charge on any atom is -0.260 e. The first kappa shape index (κ1) is 14.7. The van der Waals surface area contributed by atoms with Gasteiger partial charge in [-0.15, -0.1) is 0 Å². The second kappa shape index (κ2) is 6.15. The minimum atomic E-state index is -3.21. The molecular weight excluding hydrogens is 304 g/mol. The molecule has 2 rings (SSSR count). The fraction of sp³-hybridized carbons (Fsp3) is 0.417. The summed E-state index contributed by atoms with van der Waals surface area (Å²) < 4.78 is 25.2. The van der Waals surface area contributed by atoms with E-state index in [4.69, 9.17) is 11.6 Å². The first-order valence-electron chi connectivity index (χ1n) is 5.95. The van der Waals surface area contributed by atoms with Crippen LogP contribution < -0.4 is 0 Å². The fourth-order valence-corrected chi connectivity index (χ4v) is 4.40. The van der Waals surface area contributed by atoms with Gasteiger partial charge in [0, 0.05) is 10.8 Å². The molecule has 0 unspecified atom stereocenters. The Kier molecular flexibility index (Phi) is 4.76. The highest BCUT2D eigenvalue weighted by Gasteiger charge is 2.27. The molecule has 0 saturated carbocycles. The van der Waals surface area contributed by atoms with Crippen LogP contribution in [0.25, 0.3) is 0 Å². The first-order chi connectivity index (χ1) is 9.04. The molecule has 0 spiro atoms. The summed E-state index contributed by atoms with van der Waals surface area (Å²) in [6.07, 6.45) is 0. The van der Waals surface area contributed by atoms with Crippen molar-refractivity contribution in [1.29, 1.82) is 0 Å². The van der Waals surface area contributed by atoms with E-state index in [0.717, 1.165) is 5.56 Å². The summed E-state index contributed by atoms with van der Waals surface area (Å²) in [5.41, 5.74) is 0.984. The van der Waals surface area contributed by atoms with Crippen LogP contribution in [-0.2, 0) is 15.8 Å². The van der Waals surface area contributed by atoms with Gasteiger partial charge in [-0.3, -0.25) is 4.99 Å². The summed E-state index contributed by atoms with van der Waals surface area (Å²) in [5, 5.41) is 1.26. The topological polar surface area (TPSA) is 49.7 Å². The third-order valence-corrected chi connectivity index (χ3v) is 6.08. The third-order valence-electron chi connectivity index (χ3n) is 2.78. The maximum Gasteiger partial charge on any atom is 0.236 e. The van der Waals surface area contributed by atoms with Gasteiger partial charge in [-0.25, -0.2) is 12.7 Å². The largest absolute Gasteiger partial charge is 0.260 e. The van der Waals surface area contributed by atoms with Crippen LogP contribution in [0.4, 0.5) is 0 Å². The number of benzene rings is 1. The van der Waals surface area contributed by atoms with Gasteiger partial charge in [0.25, 0.3) is 0 Å². The summed E-state index contributed by atoms with van der Waals surface area (Å²) in [7, 11) is -3.21. The Morgan fingerprint density at radius 3 is 2.84 bits per heavy atom. The second-order valence-electron chi connectivity index (χ2n) is 4.02. The first-order valence-corrected chi connectivity index (χ1v) is 8.93. The Bertz CT molecular complexity index is 587. The smallest absolute Gasteiger partial charge is 0.236 e. The highest BCUT2D eigenvalue weighted by Crippen LogP contribution is 2.25. The highest BCUT2D eigenvalue weighted by molar-refractivity contribution is 8.14. The molecule has 0 saturated heterocycles. The van der Waals surface area contributed by atoms with Gasteiger partial charge in [-0.05, 0) is 18.6 Å². The maximum absolute atomic E-state index is 11.9. The highest BCUT2D eigenvalue weighted by atomic mass is 35.5. The van der Waals surface area contributed by atoms with Crippen molar-refractivity contribution >= 4 is 38.6 Å². The van der Waals surface area contributed by atoms with Gasteiger partial charge in [0.15, 0.2) is 5.17 Å². The van der Waals surface area contributed by atoms with Crippen molar-refractivity contribution in [3.05, 3.63) is 34.9 Å². The zero-order chi connectivity index (χ0) is 13.9. The van der Waals surface area contributed by atoms with E-state index >= 15 is 0 Å². The number of amidine groups is 1. The molecular formula is C12H15ClN2O2S2. The van der Waals surface area contributed by atoms with E-state index in [-0.39, 0.29) is 5.75 Å². The van der Waals surface area contributed by atoms with Gasteiger partial charge in [0.05, 0.1) is 18.8 Å². The lowest BCUT2D eigenvalue weighted by Crippen LogP contribution is -2.34. The Morgan fingerprint density at radius 1 is 1.42 bits per heavy atom. The molecule has 19 heavy (non-hydrogen) atoms. The summed E-state index contributed by atoms with van der Waals surface area (Å²) in [6.45, 7) is 2.62. The molecule has 0 aromatic heterocycles. The lowest BCUT2D eigenvalue weighted by atomic mass is 10.2. The monoisotopic (exact) mass is 318 g/mol. The predicted octanol–water partition coefficient (Wildman–Crippen LogP) is 2.59. The van der Waals surface area contributed by atoms with E-state index in [1.807, 2.05) is 24.3 Å². The van der Waals surface area contributed by atoms with Crippen LogP contribution in [0.3, 0.4) is 0 Å². The lowest BCUT2D eigenvalue weighted by molar-refractivity contribution is 0.541. The molecule has 1 heterocycles. The average molecular weight is 319 g/mol. The van der Waals surface area contributed by atoms with Gasteiger partial charge < -0.3 is 0 Å². The van der Waals surface area contributed by atoms with Crippen molar-refractivity contribution in [2.24, 2.45) is 4.99 Å². The van der Waals surface area contributed by atoms with Crippen molar-refractivity contribution in [2.45, 2.75) is 12.7 Å². The number of sulfonamides is 1. The molecule has 0 fully saturated rings. The van der Waals surface area contributed by atoms with Crippen LogP contribution in [0, 0.1) is 0 Å². The van der Waals surface area contributed by atoms with Crippen LogP contribution in [0.2, 0.25) is 5.02 Å². The van der Waals surface area contributed by atoms with Gasteiger partial charge in [-0.1, -0.05) is 41.6 Å². The lowest BCUT2D eigenvalue weighted by Gasteiger charge is -2.18. The Labute approximate surface area is 122 Å². The van der Waals surface area contributed by atoms with Crippen molar-refractivity contribution in [3.63, 3.8) is 0 Å². The second-order valence-corrected chi connectivity index (χ2v) is 7.55. The molecule has 0 bridgehead atoms. The molecule has 104 valence electrons. The Hall–Kier alpha value is -0.720. The number of hydrogen-bond acceptors (Lipinski definition) is 4. The molecule has 0 atom stereocenters.